The molecular weight excluding hydrogens is 161 g/mol. The van der Waals surface area contributed by atoms with Gasteiger partial charge in [-0.15, -0.1) is 0 Å². The molecule has 59 valence electrons. The van der Waals surface area contributed by atoms with E-state index >= 15 is 0 Å². The van der Waals surface area contributed by atoms with Crippen molar-refractivity contribution in [1.29, 1.82) is 0 Å². The first kappa shape index (κ1) is 10.5. The summed E-state index contributed by atoms with van der Waals surface area (Å²) in [5, 5.41) is 3.40. The molecule has 1 heterocycles. The standard InChI is InChI=1S/C8H17N.V/c1-8(2)4-3-6-9-7-5-8;/h9H,3-7H2,1-2H3;. The summed E-state index contributed by atoms with van der Waals surface area (Å²) in [6.45, 7) is 7.16. The van der Waals surface area contributed by atoms with Crippen LogP contribution in [0.15, 0.2) is 0 Å². The zero-order valence-corrected chi connectivity index (χ0v) is 8.38. The van der Waals surface area contributed by atoms with Crippen LogP contribution in [0.25, 0.3) is 0 Å². The molecular formula is C8H17NV. The Kier molecular flexibility index (Phi) is 4.67. The first-order valence-electron chi connectivity index (χ1n) is 3.91. The maximum Gasteiger partial charge on any atom is 0 e. The summed E-state index contributed by atoms with van der Waals surface area (Å²) < 4.78 is 0. The quantitative estimate of drug-likeness (QED) is 0.596. The molecule has 0 amide bonds. The molecule has 1 aliphatic heterocycles. The molecule has 1 aliphatic rings. The Morgan fingerprint density at radius 3 is 2.50 bits per heavy atom. The summed E-state index contributed by atoms with van der Waals surface area (Å²) in [5.74, 6) is 0. The average Bonchev–Trinajstić information content (AvgIpc) is 1.92. The molecule has 0 aliphatic carbocycles. The van der Waals surface area contributed by atoms with Crippen LogP contribution < -0.4 is 5.32 Å². The molecule has 1 fully saturated rings. The number of hydrogen-bond acceptors (Lipinski definition) is 1. The van der Waals surface area contributed by atoms with Gasteiger partial charge in [-0.05, 0) is 37.8 Å². The van der Waals surface area contributed by atoms with Gasteiger partial charge in [-0.25, -0.2) is 0 Å². The van der Waals surface area contributed by atoms with Gasteiger partial charge < -0.3 is 5.32 Å². The van der Waals surface area contributed by atoms with Crippen molar-refractivity contribution in [2.24, 2.45) is 5.41 Å². The van der Waals surface area contributed by atoms with Gasteiger partial charge in [0.15, 0.2) is 0 Å². The fraction of sp³-hybridized carbons (Fsp3) is 1.00. The Morgan fingerprint density at radius 2 is 1.80 bits per heavy atom. The van der Waals surface area contributed by atoms with Crippen LogP contribution in [0.4, 0.5) is 0 Å². The molecule has 1 saturated heterocycles. The van der Waals surface area contributed by atoms with E-state index in [1.54, 1.807) is 0 Å². The second-order valence-corrected chi connectivity index (χ2v) is 3.77. The molecule has 0 saturated carbocycles. The van der Waals surface area contributed by atoms with Crippen LogP contribution in [0.1, 0.15) is 33.1 Å². The average molecular weight is 178 g/mol. The van der Waals surface area contributed by atoms with E-state index in [1.165, 1.54) is 32.4 Å². The van der Waals surface area contributed by atoms with Crippen LogP contribution in [0.3, 0.4) is 0 Å². The van der Waals surface area contributed by atoms with Crippen molar-refractivity contribution in [1.82, 2.24) is 5.32 Å². The summed E-state index contributed by atoms with van der Waals surface area (Å²) in [7, 11) is 0. The van der Waals surface area contributed by atoms with Gasteiger partial charge in [0.1, 0.15) is 0 Å². The van der Waals surface area contributed by atoms with E-state index < -0.39 is 0 Å². The molecule has 1 rings (SSSR count). The summed E-state index contributed by atoms with van der Waals surface area (Å²) in [5.41, 5.74) is 0.601. The Bertz CT molecular complexity index is 81.3. The van der Waals surface area contributed by atoms with E-state index in [0.717, 1.165) is 0 Å². The van der Waals surface area contributed by atoms with Gasteiger partial charge in [0.05, 0.1) is 0 Å². The number of rotatable bonds is 0. The van der Waals surface area contributed by atoms with Crippen LogP contribution in [-0.2, 0) is 18.6 Å². The van der Waals surface area contributed by atoms with Crippen molar-refractivity contribution in [2.75, 3.05) is 13.1 Å². The molecule has 10 heavy (non-hydrogen) atoms. The number of hydrogen-bond donors (Lipinski definition) is 1. The third-order valence-corrected chi connectivity index (χ3v) is 2.19. The van der Waals surface area contributed by atoms with E-state index in [9.17, 15) is 0 Å². The van der Waals surface area contributed by atoms with Crippen LogP contribution in [-0.4, -0.2) is 13.1 Å². The zero-order valence-electron chi connectivity index (χ0n) is 6.98. The van der Waals surface area contributed by atoms with Gasteiger partial charge in [0, 0.05) is 18.6 Å². The van der Waals surface area contributed by atoms with Crippen molar-refractivity contribution >= 4 is 0 Å². The minimum Gasteiger partial charge on any atom is -0.317 e. The Hall–Kier alpha value is 0.544. The van der Waals surface area contributed by atoms with Gasteiger partial charge in [0.25, 0.3) is 0 Å². The van der Waals surface area contributed by atoms with Gasteiger partial charge in [-0.1, -0.05) is 13.8 Å². The molecule has 0 atom stereocenters. The largest absolute Gasteiger partial charge is 0.317 e. The Balaban J connectivity index is 0.000000810. The first-order valence-corrected chi connectivity index (χ1v) is 3.91. The first-order chi connectivity index (χ1) is 4.21. The van der Waals surface area contributed by atoms with E-state index in [2.05, 4.69) is 19.2 Å². The Labute approximate surface area is 75.8 Å². The van der Waals surface area contributed by atoms with Crippen molar-refractivity contribution < 1.29 is 18.6 Å². The van der Waals surface area contributed by atoms with Crippen molar-refractivity contribution in [3.63, 3.8) is 0 Å². The normalized spacial score (nSPS) is 24.6. The smallest absolute Gasteiger partial charge is 0 e. The molecule has 1 radical (unpaired) electrons. The Morgan fingerprint density at radius 1 is 1.10 bits per heavy atom. The predicted molar refractivity (Wildman–Crippen MR) is 40.5 cm³/mol. The molecule has 0 bridgehead atoms. The van der Waals surface area contributed by atoms with Gasteiger partial charge in [-0.2, -0.15) is 0 Å². The third-order valence-electron chi connectivity index (χ3n) is 2.19. The van der Waals surface area contributed by atoms with Gasteiger partial charge >= 0.3 is 0 Å². The molecule has 0 aromatic carbocycles. The van der Waals surface area contributed by atoms with E-state index in [4.69, 9.17) is 0 Å². The predicted octanol–water partition coefficient (Wildman–Crippen LogP) is 1.78. The molecule has 0 aromatic heterocycles. The van der Waals surface area contributed by atoms with Crippen LogP contribution in [0.5, 0.6) is 0 Å². The second-order valence-electron chi connectivity index (χ2n) is 3.77. The molecule has 2 heteroatoms. The van der Waals surface area contributed by atoms with E-state index in [-0.39, 0.29) is 18.6 Å². The molecule has 0 unspecified atom stereocenters. The molecule has 1 nitrogen and oxygen atoms in total. The topological polar surface area (TPSA) is 12.0 Å². The van der Waals surface area contributed by atoms with E-state index in [0.29, 0.717) is 5.41 Å². The SMILES string of the molecule is CC1(C)CCCNCC1.[V]. The van der Waals surface area contributed by atoms with Crippen LogP contribution in [0.2, 0.25) is 0 Å². The van der Waals surface area contributed by atoms with Crippen molar-refractivity contribution in [3.05, 3.63) is 0 Å². The summed E-state index contributed by atoms with van der Waals surface area (Å²) in [6.07, 6.45) is 4.08. The monoisotopic (exact) mass is 178 g/mol. The van der Waals surface area contributed by atoms with Gasteiger partial charge in [0.2, 0.25) is 0 Å². The summed E-state index contributed by atoms with van der Waals surface area (Å²) in [4.78, 5) is 0. The molecule has 1 N–H and O–H groups in total. The fourth-order valence-corrected chi connectivity index (χ4v) is 1.37. The summed E-state index contributed by atoms with van der Waals surface area (Å²) >= 11 is 0. The third kappa shape index (κ3) is 3.65. The van der Waals surface area contributed by atoms with Crippen LogP contribution in [0, 0.1) is 5.41 Å². The maximum atomic E-state index is 3.40. The molecule has 0 spiro atoms. The number of nitrogens with one attached hydrogen (secondary N) is 1. The minimum absolute atomic E-state index is 0. The fourth-order valence-electron chi connectivity index (χ4n) is 1.37. The summed E-state index contributed by atoms with van der Waals surface area (Å²) in [6, 6.07) is 0. The minimum atomic E-state index is 0. The zero-order chi connectivity index (χ0) is 6.74. The van der Waals surface area contributed by atoms with Crippen molar-refractivity contribution in [3.8, 4) is 0 Å². The van der Waals surface area contributed by atoms with Crippen molar-refractivity contribution in [2.45, 2.75) is 33.1 Å². The van der Waals surface area contributed by atoms with Gasteiger partial charge in [-0.3, -0.25) is 0 Å². The molecule has 0 aromatic rings. The second kappa shape index (κ2) is 4.43. The van der Waals surface area contributed by atoms with E-state index in [1.807, 2.05) is 0 Å². The maximum absolute atomic E-state index is 3.40. The van der Waals surface area contributed by atoms with Crippen LogP contribution >= 0.6 is 0 Å².